The van der Waals surface area contributed by atoms with Crippen LogP contribution in [0.1, 0.15) is 35.6 Å². The van der Waals surface area contributed by atoms with Gasteiger partial charge in [0, 0.05) is 12.6 Å². The number of aryl methyl sites for hydroxylation is 1. The molecule has 0 amide bonds. The Hall–Kier alpha value is -3.69. The molecule has 0 aliphatic carbocycles. The number of rotatable bonds is 3. The highest BCUT2D eigenvalue weighted by Gasteiger charge is 2.18. The van der Waals surface area contributed by atoms with Gasteiger partial charge in [0.1, 0.15) is 5.82 Å². The maximum atomic E-state index is 13.7. The van der Waals surface area contributed by atoms with Gasteiger partial charge in [0.2, 0.25) is 0 Å². The summed E-state index contributed by atoms with van der Waals surface area (Å²) < 4.78 is 3.45. The Kier molecular flexibility index (Phi) is 5.21. The minimum Gasteiger partial charge on any atom is -0.311 e. The zero-order chi connectivity index (χ0) is 21.3. The molecule has 1 N–H and O–H groups in total. The molecule has 0 aliphatic rings. The van der Waals surface area contributed by atoms with Crippen molar-refractivity contribution in [2.24, 2.45) is 7.05 Å². The van der Waals surface area contributed by atoms with Crippen LogP contribution in [0, 0.1) is 18.8 Å². The van der Waals surface area contributed by atoms with Crippen molar-refractivity contribution in [2.45, 2.75) is 19.9 Å². The van der Waals surface area contributed by atoms with E-state index in [1.807, 2.05) is 76.5 Å². The lowest BCUT2D eigenvalue weighted by molar-refractivity contribution is 0.589. The number of aromatic nitrogens is 4. The number of fused-ring (bicyclic) bond motifs is 1. The van der Waals surface area contributed by atoms with Crippen molar-refractivity contribution < 1.29 is 0 Å². The number of para-hydroxylation sites is 1. The molecule has 0 spiro atoms. The van der Waals surface area contributed by atoms with Crippen LogP contribution in [-0.4, -0.2) is 26.4 Å². The zero-order valence-electron chi connectivity index (χ0n) is 17.5. The molecule has 0 saturated carbocycles. The van der Waals surface area contributed by atoms with Crippen LogP contribution in [0.5, 0.6) is 0 Å². The topological polar surface area (TPSA) is 64.7 Å². The Morgan fingerprint density at radius 2 is 1.77 bits per heavy atom. The summed E-state index contributed by atoms with van der Waals surface area (Å²) in [7, 11) is 3.74. The van der Waals surface area contributed by atoms with Gasteiger partial charge in [0.15, 0.2) is 0 Å². The van der Waals surface area contributed by atoms with E-state index in [2.05, 4.69) is 22.3 Å². The number of benzene rings is 2. The third kappa shape index (κ3) is 3.40. The molecule has 1 atom stereocenters. The minimum atomic E-state index is -0.129. The number of hydrogen-bond acceptors (Lipinski definition) is 4. The van der Waals surface area contributed by atoms with Crippen LogP contribution in [0.25, 0.3) is 16.6 Å². The van der Waals surface area contributed by atoms with E-state index < -0.39 is 0 Å². The summed E-state index contributed by atoms with van der Waals surface area (Å²) >= 11 is 0. The van der Waals surface area contributed by atoms with Crippen LogP contribution >= 0.6 is 0 Å². The Morgan fingerprint density at radius 1 is 1.03 bits per heavy atom. The molecule has 2 aromatic carbocycles. The molecule has 4 rings (SSSR count). The predicted molar refractivity (Wildman–Crippen MR) is 119 cm³/mol. The summed E-state index contributed by atoms with van der Waals surface area (Å²) in [6.45, 7) is 3.96. The van der Waals surface area contributed by atoms with Gasteiger partial charge in [-0.15, -0.1) is 0 Å². The largest absolute Gasteiger partial charge is 0.311 e. The third-order valence-corrected chi connectivity index (χ3v) is 5.33. The molecule has 0 aliphatic heterocycles. The first-order chi connectivity index (χ1) is 14.5. The van der Waals surface area contributed by atoms with Crippen molar-refractivity contribution in [1.29, 1.82) is 0 Å². The van der Waals surface area contributed by atoms with Crippen molar-refractivity contribution in [1.82, 2.24) is 24.6 Å². The Morgan fingerprint density at radius 3 is 2.43 bits per heavy atom. The molecule has 2 heterocycles. The first kappa shape index (κ1) is 19.6. The molecule has 0 radical (unpaired) electrons. The molecular weight excluding hydrogens is 374 g/mol. The quantitative estimate of drug-likeness (QED) is 0.540. The van der Waals surface area contributed by atoms with E-state index in [0.29, 0.717) is 22.3 Å². The van der Waals surface area contributed by atoms with E-state index in [1.54, 1.807) is 15.4 Å². The molecule has 4 aromatic rings. The van der Waals surface area contributed by atoms with Gasteiger partial charge in [-0.25, -0.2) is 4.98 Å². The minimum absolute atomic E-state index is 0.102. The molecule has 30 heavy (non-hydrogen) atoms. The maximum absolute atomic E-state index is 13.7. The summed E-state index contributed by atoms with van der Waals surface area (Å²) in [5, 5.41) is 7.94. The molecule has 150 valence electrons. The maximum Gasteiger partial charge on any atom is 0.267 e. The van der Waals surface area contributed by atoms with Crippen molar-refractivity contribution >= 4 is 10.9 Å². The summed E-state index contributed by atoms with van der Waals surface area (Å²) in [4.78, 5) is 18.5. The highest BCUT2D eigenvalue weighted by molar-refractivity contribution is 5.85. The summed E-state index contributed by atoms with van der Waals surface area (Å²) in [5.41, 5.74) is 3.76. The van der Waals surface area contributed by atoms with Gasteiger partial charge in [-0.1, -0.05) is 36.1 Å². The molecule has 0 saturated heterocycles. The number of nitrogens with zero attached hydrogens (tertiary/aromatic N) is 4. The first-order valence-corrected chi connectivity index (χ1v) is 9.80. The lowest BCUT2D eigenvalue weighted by Gasteiger charge is -2.18. The molecule has 2 aromatic heterocycles. The van der Waals surface area contributed by atoms with Crippen LogP contribution in [0.3, 0.4) is 0 Å². The standard InChI is InChI=1S/C24H23N5O/c1-16(25-3)23-27-21-12-8-9-18(13-14-19-15-26-28(4)17(19)2)22(21)24(30)29(23)20-10-6-5-7-11-20/h5-12,15-16,25H,1-4H3. The van der Waals surface area contributed by atoms with Gasteiger partial charge in [-0.2, -0.15) is 5.10 Å². The molecular formula is C24H23N5O. The summed E-state index contributed by atoms with van der Waals surface area (Å²) in [6.07, 6.45) is 1.74. The average molecular weight is 397 g/mol. The van der Waals surface area contributed by atoms with E-state index in [9.17, 15) is 4.79 Å². The van der Waals surface area contributed by atoms with Crippen LogP contribution < -0.4 is 10.9 Å². The molecule has 0 bridgehead atoms. The fourth-order valence-electron chi connectivity index (χ4n) is 3.35. The molecule has 0 fully saturated rings. The van der Waals surface area contributed by atoms with Crippen LogP contribution in [0.15, 0.2) is 59.5 Å². The fraction of sp³-hybridized carbons (Fsp3) is 0.208. The van der Waals surface area contributed by atoms with Gasteiger partial charge in [-0.3, -0.25) is 14.0 Å². The van der Waals surface area contributed by atoms with Crippen molar-refractivity contribution in [2.75, 3.05) is 7.05 Å². The van der Waals surface area contributed by atoms with Crippen molar-refractivity contribution in [3.8, 4) is 17.5 Å². The highest BCUT2D eigenvalue weighted by Crippen LogP contribution is 2.20. The number of nitrogens with one attached hydrogen (secondary N) is 1. The van der Waals surface area contributed by atoms with Crippen LogP contribution in [-0.2, 0) is 7.05 Å². The monoisotopic (exact) mass is 397 g/mol. The van der Waals surface area contributed by atoms with E-state index in [1.165, 1.54) is 0 Å². The van der Waals surface area contributed by atoms with Gasteiger partial charge in [0.25, 0.3) is 5.56 Å². The van der Waals surface area contributed by atoms with E-state index in [4.69, 9.17) is 4.98 Å². The second kappa shape index (κ2) is 7.97. The average Bonchev–Trinajstić information content (AvgIpc) is 3.09. The molecule has 1 unspecified atom stereocenters. The predicted octanol–water partition coefficient (Wildman–Crippen LogP) is 3.11. The Balaban J connectivity index is 2.00. The van der Waals surface area contributed by atoms with Crippen LogP contribution in [0.2, 0.25) is 0 Å². The van der Waals surface area contributed by atoms with Gasteiger partial charge in [0.05, 0.1) is 40.1 Å². The lowest BCUT2D eigenvalue weighted by atomic mass is 10.1. The highest BCUT2D eigenvalue weighted by atomic mass is 16.1. The smallest absolute Gasteiger partial charge is 0.267 e. The second-order valence-corrected chi connectivity index (χ2v) is 7.17. The second-order valence-electron chi connectivity index (χ2n) is 7.17. The third-order valence-electron chi connectivity index (χ3n) is 5.33. The Labute approximate surface area is 175 Å². The SMILES string of the molecule is CNC(C)c1nc2cccc(C#Cc3cnn(C)c3C)c2c(=O)n1-c1ccccc1. The zero-order valence-corrected chi connectivity index (χ0v) is 17.5. The first-order valence-electron chi connectivity index (χ1n) is 9.80. The van der Waals surface area contributed by atoms with Gasteiger partial charge >= 0.3 is 0 Å². The number of hydrogen-bond donors (Lipinski definition) is 1. The van der Waals surface area contributed by atoms with Crippen molar-refractivity contribution in [3.63, 3.8) is 0 Å². The van der Waals surface area contributed by atoms with Gasteiger partial charge in [-0.05, 0) is 45.2 Å². The molecule has 6 nitrogen and oxygen atoms in total. The van der Waals surface area contributed by atoms with E-state index >= 15 is 0 Å². The van der Waals surface area contributed by atoms with Crippen molar-refractivity contribution in [3.05, 3.63) is 87.7 Å². The fourth-order valence-corrected chi connectivity index (χ4v) is 3.35. The summed E-state index contributed by atoms with van der Waals surface area (Å²) in [5.74, 6) is 6.99. The van der Waals surface area contributed by atoms with Gasteiger partial charge < -0.3 is 5.32 Å². The van der Waals surface area contributed by atoms with E-state index in [-0.39, 0.29) is 11.6 Å². The van der Waals surface area contributed by atoms with E-state index in [0.717, 1.165) is 16.9 Å². The molecule has 6 heteroatoms. The normalized spacial score (nSPS) is 11.9. The Bertz CT molecular complexity index is 1340. The summed E-state index contributed by atoms with van der Waals surface area (Å²) in [6, 6.07) is 15.1. The van der Waals surface area contributed by atoms with Crippen LogP contribution in [0.4, 0.5) is 0 Å². The lowest BCUT2D eigenvalue weighted by Crippen LogP contribution is -2.29.